The van der Waals surface area contributed by atoms with Crippen molar-refractivity contribution in [2.75, 3.05) is 0 Å². The lowest BCUT2D eigenvalue weighted by Crippen LogP contribution is -2.04. The van der Waals surface area contributed by atoms with Gasteiger partial charge in [0.1, 0.15) is 11.0 Å². The zero-order chi connectivity index (χ0) is 13.2. The van der Waals surface area contributed by atoms with Crippen LogP contribution in [-0.4, -0.2) is 8.42 Å². The van der Waals surface area contributed by atoms with Crippen LogP contribution in [0.25, 0.3) is 0 Å². The van der Waals surface area contributed by atoms with Crippen LogP contribution in [0.4, 0.5) is 8.78 Å². The SMILES string of the molecule is N#Cc1c(S(=O)(=O)Cl)ccc(CCl)c1C(F)F. The highest BCUT2D eigenvalue weighted by Gasteiger charge is 2.25. The molecule has 8 heteroatoms. The molecule has 92 valence electrons. The van der Waals surface area contributed by atoms with Crippen molar-refractivity contribution >= 4 is 31.3 Å². The van der Waals surface area contributed by atoms with Gasteiger partial charge in [0.15, 0.2) is 0 Å². The normalized spacial score (nSPS) is 11.5. The number of benzene rings is 1. The molecule has 0 bridgehead atoms. The molecule has 3 nitrogen and oxygen atoms in total. The number of halogens is 4. The molecule has 0 aromatic heterocycles. The highest BCUT2D eigenvalue weighted by atomic mass is 35.7. The predicted molar refractivity (Wildman–Crippen MR) is 58.7 cm³/mol. The molecule has 0 aliphatic carbocycles. The number of rotatable bonds is 3. The van der Waals surface area contributed by atoms with Crippen LogP contribution in [0.15, 0.2) is 17.0 Å². The third-order valence-electron chi connectivity index (χ3n) is 2.03. The van der Waals surface area contributed by atoms with Crippen LogP contribution in [0.1, 0.15) is 23.1 Å². The topological polar surface area (TPSA) is 57.9 Å². The third kappa shape index (κ3) is 2.86. The first kappa shape index (κ1) is 14.2. The van der Waals surface area contributed by atoms with Crippen LogP contribution in [-0.2, 0) is 14.9 Å². The van der Waals surface area contributed by atoms with Crippen LogP contribution in [0.3, 0.4) is 0 Å². The second-order valence-corrected chi connectivity index (χ2v) is 5.80. The van der Waals surface area contributed by atoms with Crippen molar-refractivity contribution < 1.29 is 17.2 Å². The minimum absolute atomic E-state index is 0.00211. The highest BCUT2D eigenvalue weighted by Crippen LogP contribution is 2.32. The van der Waals surface area contributed by atoms with E-state index in [1.165, 1.54) is 6.07 Å². The van der Waals surface area contributed by atoms with Crippen molar-refractivity contribution in [3.05, 3.63) is 28.8 Å². The van der Waals surface area contributed by atoms with E-state index in [0.717, 1.165) is 12.1 Å². The lowest BCUT2D eigenvalue weighted by Gasteiger charge is -2.10. The summed E-state index contributed by atoms with van der Waals surface area (Å²) in [6.45, 7) is 0. The fourth-order valence-electron chi connectivity index (χ4n) is 1.33. The Labute approximate surface area is 106 Å². The van der Waals surface area contributed by atoms with E-state index in [1.807, 2.05) is 0 Å². The summed E-state index contributed by atoms with van der Waals surface area (Å²) in [6, 6.07) is 3.53. The van der Waals surface area contributed by atoms with Gasteiger partial charge in [-0.05, 0) is 11.6 Å². The molecule has 0 saturated heterocycles. The van der Waals surface area contributed by atoms with Crippen molar-refractivity contribution in [3.8, 4) is 6.07 Å². The number of nitrogens with zero attached hydrogens (tertiary/aromatic N) is 1. The van der Waals surface area contributed by atoms with Gasteiger partial charge in [-0.15, -0.1) is 11.6 Å². The molecule has 0 aliphatic heterocycles. The maximum atomic E-state index is 12.8. The van der Waals surface area contributed by atoms with E-state index in [-0.39, 0.29) is 11.4 Å². The summed E-state index contributed by atoms with van der Waals surface area (Å²) >= 11 is 5.45. The lowest BCUT2D eigenvalue weighted by atomic mass is 10.0. The highest BCUT2D eigenvalue weighted by molar-refractivity contribution is 8.13. The van der Waals surface area contributed by atoms with E-state index < -0.39 is 31.5 Å². The second kappa shape index (κ2) is 5.17. The van der Waals surface area contributed by atoms with Gasteiger partial charge in [0.2, 0.25) is 0 Å². The number of nitriles is 1. The van der Waals surface area contributed by atoms with E-state index in [4.69, 9.17) is 27.5 Å². The number of hydrogen-bond donors (Lipinski definition) is 0. The smallest absolute Gasteiger partial charge is 0.207 e. The molecule has 0 fully saturated rings. The molecular weight excluding hydrogens is 295 g/mol. The van der Waals surface area contributed by atoms with E-state index in [0.29, 0.717) is 0 Å². The average Bonchev–Trinajstić information content (AvgIpc) is 2.25. The molecule has 0 aliphatic rings. The molecule has 0 unspecified atom stereocenters. The summed E-state index contributed by atoms with van der Waals surface area (Å²) in [5, 5.41) is 8.78. The van der Waals surface area contributed by atoms with Crippen molar-refractivity contribution in [1.29, 1.82) is 5.26 Å². The number of hydrogen-bond acceptors (Lipinski definition) is 3. The molecule has 0 spiro atoms. The molecule has 0 heterocycles. The summed E-state index contributed by atoms with van der Waals surface area (Å²) in [4.78, 5) is -0.633. The zero-order valence-electron chi connectivity index (χ0n) is 8.12. The molecule has 0 radical (unpaired) electrons. The van der Waals surface area contributed by atoms with Gasteiger partial charge < -0.3 is 0 Å². The Bertz CT molecular complexity index is 581. The van der Waals surface area contributed by atoms with Gasteiger partial charge in [-0.3, -0.25) is 0 Å². The van der Waals surface area contributed by atoms with E-state index in [9.17, 15) is 17.2 Å². The second-order valence-electron chi connectivity index (χ2n) is 3.00. The molecule has 0 amide bonds. The molecule has 0 N–H and O–H groups in total. The summed E-state index contributed by atoms with van der Waals surface area (Å²) in [7, 11) is 0.805. The van der Waals surface area contributed by atoms with Gasteiger partial charge in [-0.2, -0.15) is 5.26 Å². The Morgan fingerprint density at radius 3 is 2.35 bits per heavy atom. The molecule has 1 rings (SSSR count). The Morgan fingerprint density at radius 1 is 1.41 bits per heavy atom. The minimum Gasteiger partial charge on any atom is -0.207 e. The Kier molecular flexibility index (Phi) is 4.31. The fourth-order valence-corrected chi connectivity index (χ4v) is 2.58. The molecule has 1 aromatic carbocycles. The van der Waals surface area contributed by atoms with Gasteiger partial charge in [0.25, 0.3) is 15.5 Å². The first-order valence-electron chi connectivity index (χ1n) is 4.17. The van der Waals surface area contributed by atoms with E-state index in [1.54, 1.807) is 0 Å². The molecule has 0 atom stereocenters. The van der Waals surface area contributed by atoms with Gasteiger partial charge in [-0.1, -0.05) is 6.07 Å². The quantitative estimate of drug-likeness (QED) is 0.636. The van der Waals surface area contributed by atoms with Crippen molar-refractivity contribution in [2.24, 2.45) is 0 Å². The van der Waals surface area contributed by atoms with Crippen molar-refractivity contribution in [2.45, 2.75) is 17.2 Å². The maximum Gasteiger partial charge on any atom is 0.265 e. The number of alkyl halides is 3. The van der Waals surface area contributed by atoms with Crippen molar-refractivity contribution in [1.82, 2.24) is 0 Å². The predicted octanol–water partition coefficient (Wildman–Crippen LogP) is 3.16. The Hall–Kier alpha value is -0.900. The Morgan fingerprint density at radius 2 is 2.00 bits per heavy atom. The third-order valence-corrected chi connectivity index (χ3v) is 3.69. The summed E-state index contributed by atoms with van der Waals surface area (Å²) in [5.74, 6) is -0.253. The summed E-state index contributed by atoms with van der Waals surface area (Å²) < 4.78 is 47.8. The first-order valence-corrected chi connectivity index (χ1v) is 7.02. The van der Waals surface area contributed by atoms with Gasteiger partial charge in [0, 0.05) is 22.1 Å². The van der Waals surface area contributed by atoms with Crippen LogP contribution in [0.2, 0.25) is 0 Å². The lowest BCUT2D eigenvalue weighted by molar-refractivity contribution is 0.150. The van der Waals surface area contributed by atoms with Gasteiger partial charge in [0.05, 0.1) is 5.56 Å². The molecule has 1 aromatic rings. The fraction of sp³-hybridized carbons (Fsp3) is 0.222. The standard InChI is InChI=1S/C9H5Cl2F2NO2S/c10-3-5-1-2-7(17(11,15)16)6(4-14)8(5)9(12)13/h1-2,9H,3H2. The monoisotopic (exact) mass is 299 g/mol. The van der Waals surface area contributed by atoms with Gasteiger partial charge in [-0.25, -0.2) is 17.2 Å². The summed E-state index contributed by atoms with van der Waals surface area (Å²) in [6.07, 6.45) is -3.00. The minimum atomic E-state index is -4.25. The maximum absolute atomic E-state index is 12.8. The first-order chi connectivity index (χ1) is 7.82. The summed E-state index contributed by atoms with van der Waals surface area (Å²) in [5.41, 5.74) is -1.35. The van der Waals surface area contributed by atoms with Crippen molar-refractivity contribution in [3.63, 3.8) is 0 Å². The zero-order valence-corrected chi connectivity index (χ0v) is 10.5. The average molecular weight is 300 g/mol. The van der Waals surface area contributed by atoms with Crippen LogP contribution in [0.5, 0.6) is 0 Å². The Balaban J connectivity index is 3.72. The van der Waals surface area contributed by atoms with Gasteiger partial charge >= 0.3 is 0 Å². The van der Waals surface area contributed by atoms with E-state index >= 15 is 0 Å². The van der Waals surface area contributed by atoms with Crippen LogP contribution < -0.4 is 0 Å². The molecule has 0 saturated carbocycles. The van der Waals surface area contributed by atoms with E-state index in [2.05, 4.69) is 0 Å². The van der Waals surface area contributed by atoms with Crippen LogP contribution >= 0.6 is 22.3 Å². The largest absolute Gasteiger partial charge is 0.265 e. The molecule has 17 heavy (non-hydrogen) atoms. The van der Waals surface area contributed by atoms with Crippen LogP contribution in [0, 0.1) is 11.3 Å². The molecular formula is C9H5Cl2F2NO2S.